The summed E-state index contributed by atoms with van der Waals surface area (Å²) in [6.07, 6.45) is 9.49. The molecule has 0 unspecified atom stereocenters. The lowest BCUT2D eigenvalue weighted by molar-refractivity contribution is -0.126. The van der Waals surface area contributed by atoms with Crippen LogP contribution >= 0.6 is 0 Å². The highest BCUT2D eigenvalue weighted by molar-refractivity contribution is 6.02. The van der Waals surface area contributed by atoms with Gasteiger partial charge in [-0.05, 0) is 67.9 Å². The lowest BCUT2D eigenvalue weighted by Gasteiger charge is -2.22. The van der Waals surface area contributed by atoms with Gasteiger partial charge in [-0.3, -0.25) is 9.59 Å². The van der Waals surface area contributed by atoms with E-state index in [1.54, 1.807) is 0 Å². The molecule has 1 fully saturated rings. The van der Waals surface area contributed by atoms with Gasteiger partial charge in [0.1, 0.15) is 0 Å². The van der Waals surface area contributed by atoms with Crippen LogP contribution in [0.2, 0.25) is 0 Å². The van der Waals surface area contributed by atoms with Crippen molar-refractivity contribution in [3.05, 3.63) is 53.1 Å². The van der Waals surface area contributed by atoms with Crippen LogP contribution in [0.1, 0.15) is 68.3 Å². The van der Waals surface area contributed by atoms with Crippen molar-refractivity contribution >= 4 is 34.1 Å². The van der Waals surface area contributed by atoms with E-state index in [2.05, 4.69) is 41.3 Å². The van der Waals surface area contributed by atoms with Crippen LogP contribution in [0, 0.1) is 0 Å². The molecule has 2 heterocycles. The quantitative estimate of drug-likeness (QED) is 0.323. The number of nitrogens with zero attached hydrogens (tertiary/aromatic N) is 5. The summed E-state index contributed by atoms with van der Waals surface area (Å²) in [5.74, 6) is 5.62. The van der Waals surface area contributed by atoms with Crippen LogP contribution in [0.25, 0.3) is 16.5 Å². The Kier molecular flexibility index (Phi) is 7.90. The fourth-order valence-electron chi connectivity index (χ4n) is 4.86. The minimum absolute atomic E-state index is 0.110. The Morgan fingerprint density at radius 3 is 2.43 bits per heavy atom. The molecule has 184 valence electrons. The largest absolute Gasteiger partial charge is 0.339 e. The van der Waals surface area contributed by atoms with Gasteiger partial charge in [-0.25, -0.2) is 4.98 Å². The molecule has 8 nitrogen and oxygen atoms in total. The molecule has 0 saturated carbocycles. The summed E-state index contributed by atoms with van der Waals surface area (Å²) in [5, 5.41) is 8.19. The second-order valence-electron chi connectivity index (χ2n) is 9.16. The number of carbonyl (C=O) groups excluding carboxylic acids is 2. The van der Waals surface area contributed by atoms with E-state index in [1.807, 2.05) is 34.1 Å². The first-order valence-corrected chi connectivity index (χ1v) is 12.6. The normalized spacial score (nSPS) is 16.0. The summed E-state index contributed by atoms with van der Waals surface area (Å²) in [7, 11) is 0. The first-order valence-electron chi connectivity index (χ1n) is 12.6. The van der Waals surface area contributed by atoms with Crippen LogP contribution in [0.5, 0.6) is 0 Å². The predicted molar refractivity (Wildman–Crippen MR) is 138 cm³/mol. The topological polar surface area (TPSA) is 104 Å². The Hall–Kier alpha value is -3.55. The zero-order valence-electron chi connectivity index (χ0n) is 20.7. The minimum Gasteiger partial charge on any atom is -0.339 e. The zero-order valence-corrected chi connectivity index (χ0v) is 20.7. The van der Waals surface area contributed by atoms with Crippen molar-refractivity contribution < 1.29 is 9.59 Å². The van der Waals surface area contributed by atoms with Gasteiger partial charge in [-0.2, -0.15) is 0 Å². The number of amides is 2. The Balaban J connectivity index is 1.66. The highest BCUT2D eigenvalue weighted by Crippen LogP contribution is 2.32. The van der Waals surface area contributed by atoms with Gasteiger partial charge in [-0.15, -0.1) is 5.11 Å². The summed E-state index contributed by atoms with van der Waals surface area (Å²) < 4.78 is 0. The number of hydrogen-bond acceptors (Lipinski definition) is 5. The maximum atomic E-state index is 13.3. The molecule has 1 aromatic heterocycles. The van der Waals surface area contributed by atoms with Gasteiger partial charge in [-0.1, -0.05) is 37.3 Å². The van der Waals surface area contributed by atoms with Gasteiger partial charge in [0.15, 0.2) is 5.82 Å². The Labute approximate surface area is 206 Å². The molecule has 35 heavy (non-hydrogen) atoms. The molecule has 1 saturated heterocycles. The maximum Gasteiger partial charge on any atom is 0.257 e. The first kappa shape index (κ1) is 24.6. The third kappa shape index (κ3) is 5.42. The van der Waals surface area contributed by atoms with Crippen LogP contribution in [-0.4, -0.2) is 52.8 Å². The number of benzene rings is 1. The molecule has 0 atom stereocenters. The van der Waals surface area contributed by atoms with Crippen molar-refractivity contribution in [1.82, 2.24) is 14.8 Å². The fraction of sp³-hybridized carbons (Fsp3) is 0.444. The number of rotatable bonds is 8. The Bertz CT molecular complexity index is 1190. The highest BCUT2D eigenvalue weighted by Gasteiger charge is 2.23. The first-order chi connectivity index (χ1) is 17.0. The fourth-order valence-corrected chi connectivity index (χ4v) is 4.86. The molecule has 2 N–H and O–H groups in total. The zero-order chi connectivity index (χ0) is 24.8. The monoisotopic (exact) mass is 474 g/mol. The summed E-state index contributed by atoms with van der Waals surface area (Å²) in [6, 6.07) is 7.85. The number of likely N-dealkylation sites (tertiary alicyclic amines) is 1. The molecule has 8 heteroatoms. The molecule has 4 rings (SSSR count). The Morgan fingerprint density at radius 1 is 1.06 bits per heavy atom. The van der Waals surface area contributed by atoms with Crippen LogP contribution in [0.4, 0.5) is 5.82 Å². The van der Waals surface area contributed by atoms with Gasteiger partial charge < -0.3 is 15.6 Å². The van der Waals surface area contributed by atoms with Crippen LogP contribution in [0.3, 0.4) is 0 Å². The van der Waals surface area contributed by atoms with Gasteiger partial charge >= 0.3 is 0 Å². The van der Waals surface area contributed by atoms with Crippen molar-refractivity contribution in [2.45, 2.75) is 52.4 Å². The second kappa shape index (κ2) is 11.3. The number of pyridine rings is 1. The minimum atomic E-state index is -0.110. The smallest absolute Gasteiger partial charge is 0.257 e. The van der Waals surface area contributed by atoms with Crippen molar-refractivity contribution in [2.75, 3.05) is 26.2 Å². The van der Waals surface area contributed by atoms with E-state index in [-0.39, 0.29) is 17.6 Å². The molecule has 0 bridgehead atoms. The molecule has 1 aliphatic carbocycles. The molecule has 2 aliphatic rings. The second-order valence-corrected chi connectivity index (χ2v) is 9.16. The highest BCUT2D eigenvalue weighted by atomic mass is 16.2. The number of nitrogens with two attached hydrogens (primary N) is 1. The third-order valence-electron chi connectivity index (χ3n) is 6.64. The molecular formula is C27H34N6O2. The Morgan fingerprint density at radius 2 is 1.80 bits per heavy atom. The van der Waals surface area contributed by atoms with Crippen LogP contribution in [0.15, 0.2) is 52.3 Å². The number of carbonyl (C=O) groups is 2. The average Bonchev–Trinajstić information content (AvgIpc) is 3.42. The molecule has 2 amide bonds. The van der Waals surface area contributed by atoms with Crippen molar-refractivity contribution in [1.29, 1.82) is 0 Å². The van der Waals surface area contributed by atoms with Gasteiger partial charge in [0.25, 0.3) is 5.91 Å². The van der Waals surface area contributed by atoms with Gasteiger partial charge in [0.2, 0.25) is 5.91 Å². The summed E-state index contributed by atoms with van der Waals surface area (Å²) in [6.45, 7) is 7.18. The van der Waals surface area contributed by atoms with E-state index >= 15 is 0 Å². The van der Waals surface area contributed by atoms with E-state index in [4.69, 9.17) is 5.84 Å². The van der Waals surface area contributed by atoms with E-state index in [9.17, 15) is 9.59 Å². The predicted octanol–water partition coefficient (Wildman–Crippen LogP) is 5.18. The number of fused-ring (bicyclic) bond motifs is 1. The van der Waals surface area contributed by atoms with Crippen LogP contribution < -0.4 is 5.84 Å². The average molecular weight is 475 g/mol. The summed E-state index contributed by atoms with van der Waals surface area (Å²) in [5.41, 5.74) is 4.24. The SMILES string of the molecule is CCCN(CCC)C(=O)c1cc2cc(C3=CC=C(C(=O)N4CCCC4)CC3)ccc2nc1N=NN. The third-order valence-corrected chi connectivity index (χ3v) is 6.64. The van der Waals surface area contributed by atoms with Gasteiger partial charge in [0, 0.05) is 37.1 Å². The van der Waals surface area contributed by atoms with E-state index in [0.717, 1.165) is 73.7 Å². The van der Waals surface area contributed by atoms with E-state index in [0.29, 0.717) is 18.7 Å². The lowest BCUT2D eigenvalue weighted by Crippen LogP contribution is -2.32. The summed E-state index contributed by atoms with van der Waals surface area (Å²) >= 11 is 0. The number of aromatic nitrogens is 1. The van der Waals surface area contributed by atoms with Crippen LogP contribution in [-0.2, 0) is 4.79 Å². The van der Waals surface area contributed by atoms with Crippen molar-refractivity contribution in [3.63, 3.8) is 0 Å². The van der Waals surface area contributed by atoms with Gasteiger partial charge in [0.05, 0.1) is 11.1 Å². The van der Waals surface area contributed by atoms with Crippen molar-refractivity contribution in [2.24, 2.45) is 16.2 Å². The molecule has 2 aromatic rings. The molecule has 1 aliphatic heterocycles. The number of hydrogen-bond donors (Lipinski definition) is 1. The van der Waals surface area contributed by atoms with E-state index in [1.165, 1.54) is 5.57 Å². The molecule has 0 spiro atoms. The van der Waals surface area contributed by atoms with Crippen molar-refractivity contribution in [3.8, 4) is 0 Å². The molecule has 1 aromatic carbocycles. The van der Waals surface area contributed by atoms with E-state index < -0.39 is 0 Å². The summed E-state index contributed by atoms with van der Waals surface area (Å²) in [4.78, 5) is 34.4. The standard InChI is InChI=1S/C27H34N6O2/c1-3-13-32(14-4-2)27(35)23-18-22-17-21(11-12-24(22)29-25(23)30-31-28)19-7-9-20(10-8-19)26(34)33-15-5-6-16-33/h7,9,11-12,17-18H,3-6,8,10,13-16H2,1-2H3,(H2,28,29,30). The molecular weight excluding hydrogens is 440 g/mol. The molecule has 0 radical (unpaired) electrons. The number of allylic oxidation sites excluding steroid dienone is 3. The maximum absolute atomic E-state index is 13.3. The lowest BCUT2D eigenvalue weighted by atomic mass is 9.92.